The van der Waals surface area contributed by atoms with E-state index in [1.807, 2.05) is 22.6 Å². The SMILES string of the molecule is CC1(F)[C@H](O)[C@@H](CO)O[C@H]1n1cc(I)c2c(Cl)ncnc21. The number of hydrogen-bond donors (Lipinski definition) is 2. The highest BCUT2D eigenvalue weighted by molar-refractivity contribution is 14.1. The van der Waals surface area contributed by atoms with Gasteiger partial charge in [0.1, 0.15) is 29.3 Å². The molecule has 2 aromatic heterocycles. The van der Waals surface area contributed by atoms with Gasteiger partial charge in [0.2, 0.25) is 0 Å². The van der Waals surface area contributed by atoms with Crippen molar-refractivity contribution in [3.05, 3.63) is 21.2 Å². The van der Waals surface area contributed by atoms with Gasteiger partial charge in [-0.1, -0.05) is 11.6 Å². The van der Waals surface area contributed by atoms with Crippen LogP contribution in [0.4, 0.5) is 4.39 Å². The molecule has 3 heterocycles. The predicted molar refractivity (Wildman–Crippen MR) is 81.8 cm³/mol. The lowest BCUT2D eigenvalue weighted by Gasteiger charge is -2.25. The van der Waals surface area contributed by atoms with Gasteiger partial charge in [0.25, 0.3) is 0 Å². The van der Waals surface area contributed by atoms with Crippen LogP contribution in [-0.4, -0.2) is 49.2 Å². The van der Waals surface area contributed by atoms with E-state index >= 15 is 0 Å². The van der Waals surface area contributed by atoms with Crippen molar-refractivity contribution in [2.24, 2.45) is 0 Å². The highest BCUT2D eigenvalue weighted by atomic mass is 127. The van der Waals surface area contributed by atoms with Gasteiger partial charge >= 0.3 is 0 Å². The molecule has 0 radical (unpaired) electrons. The Balaban J connectivity index is 2.15. The zero-order valence-corrected chi connectivity index (χ0v) is 13.8. The summed E-state index contributed by atoms with van der Waals surface area (Å²) in [7, 11) is 0. The Morgan fingerprint density at radius 3 is 2.90 bits per heavy atom. The Hall–Kier alpha value is -0.550. The molecule has 3 rings (SSSR count). The highest BCUT2D eigenvalue weighted by Gasteiger charge is 2.55. The summed E-state index contributed by atoms with van der Waals surface area (Å²) in [6.07, 6.45) is -0.610. The third-order valence-corrected chi connectivity index (χ3v) is 4.77. The third-order valence-electron chi connectivity index (χ3n) is 3.67. The van der Waals surface area contributed by atoms with Crippen LogP contribution in [0.15, 0.2) is 12.5 Å². The minimum absolute atomic E-state index is 0.265. The number of aromatic nitrogens is 3. The molecule has 4 atom stereocenters. The molecule has 1 aliphatic heterocycles. The molecule has 1 saturated heterocycles. The minimum atomic E-state index is -2.07. The first-order chi connectivity index (χ1) is 9.87. The molecule has 114 valence electrons. The first-order valence-electron chi connectivity index (χ1n) is 6.17. The van der Waals surface area contributed by atoms with E-state index in [2.05, 4.69) is 9.97 Å². The third kappa shape index (κ3) is 2.24. The maximum atomic E-state index is 14.8. The molecule has 6 nitrogen and oxygen atoms in total. The van der Waals surface area contributed by atoms with E-state index in [1.54, 1.807) is 6.20 Å². The normalized spacial score (nSPS) is 33.0. The first-order valence-corrected chi connectivity index (χ1v) is 7.63. The molecule has 0 amide bonds. The molecule has 0 saturated carbocycles. The molecule has 0 spiro atoms. The number of alkyl halides is 1. The molecule has 0 bridgehead atoms. The van der Waals surface area contributed by atoms with Gasteiger partial charge in [-0.3, -0.25) is 0 Å². The molecule has 0 aromatic carbocycles. The van der Waals surface area contributed by atoms with Crippen molar-refractivity contribution in [3.8, 4) is 0 Å². The van der Waals surface area contributed by atoms with E-state index in [9.17, 15) is 14.6 Å². The fourth-order valence-corrected chi connectivity index (χ4v) is 3.73. The Kier molecular flexibility index (Phi) is 3.85. The summed E-state index contributed by atoms with van der Waals surface area (Å²) in [6, 6.07) is 0. The van der Waals surface area contributed by atoms with E-state index < -0.39 is 30.7 Å². The Bertz CT molecular complexity index is 696. The van der Waals surface area contributed by atoms with Crippen molar-refractivity contribution in [1.29, 1.82) is 0 Å². The standard InChI is InChI=1S/C12H12ClFIN3O3/c1-12(14)8(20)6(3-19)21-11(12)18-2-5(15)7-9(13)16-4-17-10(7)18/h2,4,6,8,11,19-20H,3H2,1H3/t6-,8-,11-,12?/m1/s1. The second kappa shape index (κ2) is 5.27. The van der Waals surface area contributed by atoms with Crippen LogP contribution < -0.4 is 0 Å². The summed E-state index contributed by atoms with van der Waals surface area (Å²) in [5, 5.41) is 20.0. The zero-order chi connectivity index (χ0) is 15.4. The summed E-state index contributed by atoms with van der Waals surface area (Å²) in [5.41, 5.74) is -1.65. The number of ether oxygens (including phenoxy) is 1. The number of hydrogen-bond acceptors (Lipinski definition) is 5. The number of nitrogens with zero attached hydrogens (tertiary/aromatic N) is 3. The van der Waals surface area contributed by atoms with Crippen LogP contribution in [0.2, 0.25) is 5.15 Å². The molecule has 0 aliphatic carbocycles. The first kappa shape index (κ1) is 15.3. The minimum Gasteiger partial charge on any atom is -0.394 e. The Morgan fingerprint density at radius 1 is 1.57 bits per heavy atom. The molecule has 1 aliphatic rings. The maximum Gasteiger partial charge on any atom is 0.181 e. The van der Waals surface area contributed by atoms with E-state index in [0.717, 1.165) is 3.57 Å². The second-order valence-electron chi connectivity index (χ2n) is 5.05. The van der Waals surface area contributed by atoms with Crippen LogP contribution in [0.1, 0.15) is 13.2 Å². The van der Waals surface area contributed by atoms with Crippen LogP contribution in [0, 0.1) is 3.57 Å². The Morgan fingerprint density at radius 2 is 2.29 bits per heavy atom. The van der Waals surface area contributed by atoms with Gasteiger partial charge in [0.05, 0.1) is 12.0 Å². The van der Waals surface area contributed by atoms with Gasteiger partial charge in [-0.2, -0.15) is 0 Å². The molecular formula is C12H12ClFIN3O3. The number of rotatable bonds is 2. The van der Waals surface area contributed by atoms with Crippen molar-refractivity contribution < 1.29 is 19.3 Å². The van der Waals surface area contributed by atoms with E-state index in [1.165, 1.54) is 17.8 Å². The molecule has 9 heteroatoms. The van der Waals surface area contributed by atoms with Crippen LogP contribution in [0.5, 0.6) is 0 Å². The predicted octanol–water partition coefficient (Wildman–Crippen LogP) is 1.67. The van der Waals surface area contributed by atoms with E-state index in [0.29, 0.717) is 11.0 Å². The van der Waals surface area contributed by atoms with E-state index in [4.69, 9.17) is 16.3 Å². The largest absolute Gasteiger partial charge is 0.394 e. The van der Waals surface area contributed by atoms with Crippen LogP contribution in [0.3, 0.4) is 0 Å². The van der Waals surface area contributed by atoms with Crippen molar-refractivity contribution >= 4 is 45.2 Å². The average Bonchev–Trinajstić information content (AvgIpc) is 2.87. The number of halogens is 3. The monoisotopic (exact) mass is 427 g/mol. The van der Waals surface area contributed by atoms with Gasteiger partial charge in [0.15, 0.2) is 11.9 Å². The van der Waals surface area contributed by atoms with Crippen molar-refractivity contribution in [2.75, 3.05) is 6.61 Å². The van der Waals surface area contributed by atoms with Crippen molar-refractivity contribution in [3.63, 3.8) is 0 Å². The molecule has 2 aromatic rings. The lowest BCUT2D eigenvalue weighted by molar-refractivity contribution is -0.0564. The fraction of sp³-hybridized carbons (Fsp3) is 0.500. The molecule has 1 fully saturated rings. The summed E-state index contributed by atoms with van der Waals surface area (Å²) >= 11 is 8.09. The summed E-state index contributed by atoms with van der Waals surface area (Å²) < 4.78 is 22.5. The summed E-state index contributed by atoms with van der Waals surface area (Å²) in [5.74, 6) is 0. The van der Waals surface area contributed by atoms with E-state index in [-0.39, 0.29) is 5.15 Å². The Labute approximate surface area is 138 Å². The topological polar surface area (TPSA) is 80.4 Å². The maximum absolute atomic E-state index is 14.8. The smallest absolute Gasteiger partial charge is 0.181 e. The molecular weight excluding hydrogens is 416 g/mol. The zero-order valence-electron chi connectivity index (χ0n) is 10.9. The van der Waals surface area contributed by atoms with Crippen molar-refractivity contribution in [1.82, 2.24) is 14.5 Å². The molecule has 21 heavy (non-hydrogen) atoms. The lowest BCUT2D eigenvalue weighted by atomic mass is 9.98. The lowest BCUT2D eigenvalue weighted by Crippen LogP contribution is -2.40. The van der Waals surface area contributed by atoms with Crippen LogP contribution in [0.25, 0.3) is 11.0 Å². The van der Waals surface area contributed by atoms with Crippen LogP contribution in [-0.2, 0) is 4.74 Å². The summed E-state index contributed by atoms with van der Waals surface area (Å²) in [4.78, 5) is 8.02. The average molecular weight is 428 g/mol. The van der Waals surface area contributed by atoms with Crippen LogP contribution >= 0.6 is 34.2 Å². The summed E-state index contributed by atoms with van der Waals surface area (Å²) in [6.45, 7) is 0.767. The number of aliphatic hydroxyl groups excluding tert-OH is 2. The quantitative estimate of drug-likeness (QED) is 0.563. The van der Waals surface area contributed by atoms with Crippen molar-refractivity contribution in [2.45, 2.75) is 31.0 Å². The van der Waals surface area contributed by atoms with Gasteiger partial charge in [-0.15, -0.1) is 0 Å². The fourth-order valence-electron chi connectivity index (χ4n) is 2.55. The second-order valence-corrected chi connectivity index (χ2v) is 6.57. The number of aliphatic hydroxyl groups is 2. The van der Waals surface area contributed by atoms with Gasteiger partial charge in [-0.05, 0) is 29.5 Å². The molecule has 1 unspecified atom stereocenters. The molecule has 2 N–H and O–H groups in total. The number of fused-ring (bicyclic) bond motifs is 1. The van der Waals surface area contributed by atoms with Gasteiger partial charge < -0.3 is 19.5 Å². The van der Waals surface area contributed by atoms with Gasteiger partial charge in [0, 0.05) is 9.77 Å². The highest BCUT2D eigenvalue weighted by Crippen LogP contribution is 2.43. The van der Waals surface area contributed by atoms with Gasteiger partial charge in [-0.25, -0.2) is 14.4 Å².